The van der Waals surface area contributed by atoms with Gasteiger partial charge in [0, 0.05) is 23.1 Å². The molecular weight excluding hydrogens is 328 g/mol. The first-order chi connectivity index (χ1) is 9.38. The maximum atomic E-state index is 13.1. The highest BCUT2D eigenvalue weighted by Crippen LogP contribution is 2.42. The molecule has 114 valence electrons. The summed E-state index contributed by atoms with van der Waals surface area (Å²) in [5.41, 5.74) is 1.58. The number of hydrogen-bond acceptors (Lipinski definition) is 3. The van der Waals surface area contributed by atoms with Gasteiger partial charge in [-0.05, 0) is 18.6 Å². The van der Waals surface area contributed by atoms with Crippen molar-refractivity contribution in [1.29, 1.82) is 0 Å². The van der Waals surface area contributed by atoms with Crippen LogP contribution in [-0.2, 0) is 11.2 Å². The average Bonchev–Trinajstić information content (AvgIpc) is 2.38. The topological polar surface area (TPSA) is 35.0 Å². The Morgan fingerprint density at radius 1 is 1.38 bits per heavy atom. The zero-order valence-corrected chi connectivity index (χ0v) is 12.4. The Balaban J connectivity index is 0.00000161. The van der Waals surface area contributed by atoms with Crippen molar-refractivity contribution in [1.82, 2.24) is 9.97 Å². The number of rotatable bonds is 0. The van der Waals surface area contributed by atoms with Crippen molar-refractivity contribution in [2.75, 3.05) is 6.61 Å². The summed E-state index contributed by atoms with van der Waals surface area (Å²) in [4.78, 5) is 8.19. The molecule has 3 nitrogen and oxygen atoms in total. The standard InChI is InChI=1S/C13H10ClF3N2O.ClH/c1-6-7-4-10(14)18-5-9(7)19-8-2-3-20-12(11(6)8)13(15,16)17;/h4-5,12H,2-3H2,1H3;1H. The number of ether oxygens (including phenoxy) is 1. The Hall–Kier alpha value is -1.11. The number of fused-ring (bicyclic) bond motifs is 2. The molecule has 1 aliphatic rings. The summed E-state index contributed by atoms with van der Waals surface area (Å²) in [6, 6.07) is 1.53. The minimum absolute atomic E-state index is 0. The normalized spacial score (nSPS) is 18.2. The second-order valence-corrected chi connectivity index (χ2v) is 5.05. The van der Waals surface area contributed by atoms with Gasteiger partial charge in [0.15, 0.2) is 6.10 Å². The van der Waals surface area contributed by atoms with Gasteiger partial charge in [-0.3, -0.25) is 4.98 Å². The Kier molecular flexibility index (Phi) is 4.33. The molecule has 0 aromatic carbocycles. The SMILES string of the molecule is Cc1c2c(nc3cnc(Cl)cc13)CCOC2C(F)(F)F.Cl. The van der Waals surface area contributed by atoms with Crippen LogP contribution in [0.25, 0.3) is 10.9 Å². The summed E-state index contributed by atoms with van der Waals surface area (Å²) in [6.07, 6.45) is -4.54. The monoisotopic (exact) mass is 338 g/mol. The lowest BCUT2D eigenvalue weighted by molar-refractivity contribution is -0.227. The minimum atomic E-state index is -4.45. The van der Waals surface area contributed by atoms with E-state index in [1.165, 1.54) is 12.3 Å². The first kappa shape index (κ1) is 16.3. The fourth-order valence-corrected chi connectivity index (χ4v) is 2.69. The van der Waals surface area contributed by atoms with Crippen molar-refractivity contribution in [3.8, 4) is 0 Å². The predicted octanol–water partition coefficient (Wildman–Crippen LogP) is 4.19. The van der Waals surface area contributed by atoms with Crippen molar-refractivity contribution < 1.29 is 17.9 Å². The van der Waals surface area contributed by atoms with E-state index < -0.39 is 12.3 Å². The lowest BCUT2D eigenvalue weighted by Gasteiger charge is -2.29. The van der Waals surface area contributed by atoms with Gasteiger partial charge in [-0.25, -0.2) is 4.98 Å². The summed E-state index contributed by atoms with van der Waals surface area (Å²) >= 11 is 5.81. The molecule has 1 aliphatic heterocycles. The smallest absolute Gasteiger partial charge is 0.364 e. The maximum absolute atomic E-state index is 13.1. The summed E-state index contributed by atoms with van der Waals surface area (Å²) in [5.74, 6) is 0. The molecule has 0 aliphatic carbocycles. The van der Waals surface area contributed by atoms with Crippen molar-refractivity contribution in [3.05, 3.63) is 34.2 Å². The molecule has 2 aromatic rings. The number of alkyl halides is 3. The van der Waals surface area contributed by atoms with E-state index in [1.54, 1.807) is 6.92 Å². The van der Waals surface area contributed by atoms with Crippen LogP contribution in [0.4, 0.5) is 13.2 Å². The van der Waals surface area contributed by atoms with Crippen LogP contribution in [0.15, 0.2) is 12.3 Å². The van der Waals surface area contributed by atoms with Gasteiger partial charge >= 0.3 is 6.18 Å². The van der Waals surface area contributed by atoms with E-state index in [1.807, 2.05) is 0 Å². The summed E-state index contributed by atoms with van der Waals surface area (Å²) in [5, 5.41) is 0.797. The molecule has 0 fully saturated rings. The quantitative estimate of drug-likeness (QED) is 0.675. The third-order valence-corrected chi connectivity index (χ3v) is 3.61. The molecule has 0 N–H and O–H groups in total. The molecule has 1 unspecified atom stereocenters. The second kappa shape index (κ2) is 5.59. The molecule has 3 rings (SSSR count). The van der Waals surface area contributed by atoms with E-state index in [0.29, 0.717) is 28.6 Å². The van der Waals surface area contributed by atoms with Crippen LogP contribution < -0.4 is 0 Å². The molecule has 0 saturated carbocycles. The third-order valence-electron chi connectivity index (χ3n) is 3.41. The first-order valence-corrected chi connectivity index (χ1v) is 6.38. The van der Waals surface area contributed by atoms with Crippen LogP contribution in [0, 0.1) is 6.92 Å². The van der Waals surface area contributed by atoms with Crippen LogP contribution in [0.1, 0.15) is 22.9 Å². The molecular formula is C13H11Cl2F3N2O. The summed E-state index contributed by atoms with van der Waals surface area (Å²) < 4.78 is 44.2. The second-order valence-electron chi connectivity index (χ2n) is 4.66. The van der Waals surface area contributed by atoms with E-state index in [4.69, 9.17) is 16.3 Å². The Bertz CT molecular complexity index is 691. The molecule has 0 spiro atoms. The van der Waals surface area contributed by atoms with Gasteiger partial charge in [0.25, 0.3) is 0 Å². The Morgan fingerprint density at radius 2 is 2.10 bits per heavy atom. The van der Waals surface area contributed by atoms with E-state index in [0.717, 1.165) is 0 Å². The predicted molar refractivity (Wildman–Crippen MR) is 75.0 cm³/mol. The van der Waals surface area contributed by atoms with Crippen LogP contribution in [0.2, 0.25) is 5.15 Å². The number of nitrogens with zero attached hydrogens (tertiary/aromatic N) is 2. The fourth-order valence-electron chi connectivity index (χ4n) is 2.53. The highest BCUT2D eigenvalue weighted by molar-refractivity contribution is 6.30. The van der Waals surface area contributed by atoms with Crippen molar-refractivity contribution in [2.45, 2.75) is 25.6 Å². The summed E-state index contributed by atoms with van der Waals surface area (Å²) in [6.45, 7) is 1.64. The molecule has 0 amide bonds. The number of halogens is 5. The van der Waals surface area contributed by atoms with Crippen molar-refractivity contribution in [3.63, 3.8) is 0 Å². The fraction of sp³-hybridized carbons (Fsp3) is 0.385. The highest BCUT2D eigenvalue weighted by Gasteiger charge is 2.45. The Morgan fingerprint density at radius 3 is 2.76 bits per heavy atom. The third kappa shape index (κ3) is 2.80. The number of hydrogen-bond donors (Lipinski definition) is 0. The Labute approximate surface area is 129 Å². The highest BCUT2D eigenvalue weighted by atomic mass is 35.5. The van der Waals surface area contributed by atoms with E-state index in [9.17, 15) is 13.2 Å². The van der Waals surface area contributed by atoms with Gasteiger partial charge in [0.1, 0.15) is 5.15 Å². The summed E-state index contributed by atoms with van der Waals surface area (Å²) in [7, 11) is 0. The van der Waals surface area contributed by atoms with Crippen LogP contribution in [0.5, 0.6) is 0 Å². The van der Waals surface area contributed by atoms with Crippen molar-refractivity contribution >= 4 is 34.9 Å². The first-order valence-electron chi connectivity index (χ1n) is 6.01. The zero-order chi connectivity index (χ0) is 14.5. The van der Waals surface area contributed by atoms with Gasteiger partial charge in [0.2, 0.25) is 0 Å². The zero-order valence-electron chi connectivity index (χ0n) is 10.9. The van der Waals surface area contributed by atoms with Crippen molar-refractivity contribution in [2.24, 2.45) is 0 Å². The molecule has 3 heterocycles. The molecule has 1 atom stereocenters. The van der Waals surface area contributed by atoms with Gasteiger partial charge in [-0.15, -0.1) is 12.4 Å². The van der Waals surface area contributed by atoms with Crippen LogP contribution >= 0.6 is 24.0 Å². The maximum Gasteiger partial charge on any atom is 0.418 e. The minimum Gasteiger partial charge on any atom is -0.364 e. The van der Waals surface area contributed by atoms with Gasteiger partial charge in [0.05, 0.1) is 18.3 Å². The number of aryl methyl sites for hydroxylation is 1. The largest absolute Gasteiger partial charge is 0.418 e. The molecule has 2 aromatic heterocycles. The molecule has 0 bridgehead atoms. The molecule has 21 heavy (non-hydrogen) atoms. The van der Waals surface area contributed by atoms with E-state index in [-0.39, 0.29) is 29.7 Å². The lowest BCUT2D eigenvalue weighted by atomic mass is 9.94. The number of pyridine rings is 2. The molecule has 0 saturated heterocycles. The average molecular weight is 339 g/mol. The van der Waals surface area contributed by atoms with Crippen LogP contribution in [-0.4, -0.2) is 22.8 Å². The van der Waals surface area contributed by atoms with E-state index in [2.05, 4.69) is 9.97 Å². The van der Waals surface area contributed by atoms with Gasteiger partial charge < -0.3 is 4.74 Å². The van der Waals surface area contributed by atoms with Gasteiger partial charge in [-0.1, -0.05) is 11.6 Å². The van der Waals surface area contributed by atoms with E-state index >= 15 is 0 Å². The lowest BCUT2D eigenvalue weighted by Crippen LogP contribution is -2.30. The molecule has 0 radical (unpaired) electrons. The molecule has 8 heteroatoms. The number of aromatic nitrogens is 2. The van der Waals surface area contributed by atoms with Gasteiger partial charge in [-0.2, -0.15) is 13.2 Å². The van der Waals surface area contributed by atoms with Crippen LogP contribution in [0.3, 0.4) is 0 Å².